The number of ether oxygens (including phenoxy) is 1. The first-order chi connectivity index (χ1) is 9.58. The molecule has 5 nitrogen and oxygen atoms in total. The van der Waals surface area contributed by atoms with E-state index in [0.29, 0.717) is 19.6 Å². The fraction of sp³-hybridized carbons (Fsp3) is 0.875. The zero-order valence-electron chi connectivity index (χ0n) is 14.6. The number of carbonyl (C=O) groups excluding carboxylic acids is 2. The van der Waals surface area contributed by atoms with Crippen LogP contribution < -0.4 is 10.6 Å². The van der Waals surface area contributed by atoms with Crippen LogP contribution in [0.2, 0.25) is 0 Å². The summed E-state index contributed by atoms with van der Waals surface area (Å²) in [6, 6.07) is -0.0311. The van der Waals surface area contributed by atoms with Crippen molar-refractivity contribution in [3.63, 3.8) is 0 Å². The van der Waals surface area contributed by atoms with Gasteiger partial charge in [-0.1, -0.05) is 6.92 Å². The van der Waals surface area contributed by atoms with E-state index in [1.165, 1.54) is 0 Å². The smallest absolute Gasteiger partial charge is 0.227 e. The molecule has 2 N–H and O–H groups in total. The number of rotatable bonds is 10. The molecule has 0 radical (unpaired) electrons. The lowest BCUT2D eigenvalue weighted by Crippen LogP contribution is -2.58. The van der Waals surface area contributed by atoms with E-state index in [2.05, 4.69) is 10.6 Å². The lowest BCUT2D eigenvalue weighted by Gasteiger charge is -2.40. The Labute approximate surface area is 129 Å². The van der Waals surface area contributed by atoms with Gasteiger partial charge in [-0.25, -0.2) is 0 Å². The normalized spacial score (nSPS) is 13.9. The molecule has 0 aliphatic rings. The van der Waals surface area contributed by atoms with Gasteiger partial charge in [0.1, 0.15) is 5.78 Å². The fourth-order valence-corrected chi connectivity index (χ4v) is 1.67. The topological polar surface area (TPSA) is 67.4 Å². The number of hydrogen-bond acceptors (Lipinski definition) is 4. The van der Waals surface area contributed by atoms with Crippen LogP contribution in [-0.2, 0) is 14.3 Å². The minimum atomic E-state index is -0.547. The molecule has 0 spiro atoms. The Balaban J connectivity index is 4.47. The van der Waals surface area contributed by atoms with E-state index in [9.17, 15) is 9.59 Å². The molecule has 21 heavy (non-hydrogen) atoms. The molecule has 5 heteroatoms. The van der Waals surface area contributed by atoms with Crippen LogP contribution in [0, 0.1) is 5.41 Å². The van der Waals surface area contributed by atoms with Crippen molar-refractivity contribution in [3.8, 4) is 0 Å². The summed E-state index contributed by atoms with van der Waals surface area (Å²) in [5.74, 6) is 0.118. The summed E-state index contributed by atoms with van der Waals surface area (Å²) in [6.07, 6.45) is 1.21. The third-order valence-electron chi connectivity index (χ3n) is 4.50. The van der Waals surface area contributed by atoms with Gasteiger partial charge in [0, 0.05) is 12.0 Å². The summed E-state index contributed by atoms with van der Waals surface area (Å²) < 4.78 is 5.47. The molecule has 1 amide bonds. The van der Waals surface area contributed by atoms with Crippen LogP contribution in [0.5, 0.6) is 0 Å². The average Bonchev–Trinajstić information content (AvgIpc) is 2.41. The largest absolute Gasteiger partial charge is 0.379 e. The zero-order chi connectivity index (χ0) is 16.7. The molecule has 0 fully saturated rings. The van der Waals surface area contributed by atoms with E-state index in [4.69, 9.17) is 4.74 Å². The Bertz CT molecular complexity index is 351. The number of hydrogen-bond donors (Lipinski definition) is 2. The third kappa shape index (κ3) is 6.14. The zero-order valence-corrected chi connectivity index (χ0v) is 14.6. The van der Waals surface area contributed by atoms with Gasteiger partial charge in [0.05, 0.1) is 24.7 Å². The van der Waals surface area contributed by atoms with Gasteiger partial charge in [0.2, 0.25) is 5.91 Å². The molecular weight excluding hydrogens is 268 g/mol. The van der Waals surface area contributed by atoms with Crippen LogP contribution in [0.25, 0.3) is 0 Å². The van der Waals surface area contributed by atoms with Crippen molar-refractivity contribution in [2.45, 2.75) is 66.0 Å². The van der Waals surface area contributed by atoms with Crippen molar-refractivity contribution in [3.05, 3.63) is 0 Å². The minimum absolute atomic E-state index is 0.00358. The predicted octanol–water partition coefficient (Wildman–Crippen LogP) is 1.90. The van der Waals surface area contributed by atoms with Gasteiger partial charge in [0.15, 0.2) is 0 Å². The van der Waals surface area contributed by atoms with Crippen molar-refractivity contribution >= 4 is 11.7 Å². The molecule has 0 aromatic rings. The molecule has 1 atom stereocenters. The minimum Gasteiger partial charge on any atom is -0.379 e. The molecule has 0 saturated carbocycles. The van der Waals surface area contributed by atoms with Crippen LogP contribution in [-0.4, -0.2) is 43.5 Å². The lowest BCUT2D eigenvalue weighted by atomic mass is 9.73. The van der Waals surface area contributed by atoms with Crippen molar-refractivity contribution in [1.29, 1.82) is 0 Å². The molecule has 0 aromatic heterocycles. The molecule has 0 rings (SSSR count). The second-order valence-corrected chi connectivity index (χ2v) is 6.61. The Morgan fingerprint density at radius 1 is 1.19 bits per heavy atom. The van der Waals surface area contributed by atoms with Crippen LogP contribution in [0.3, 0.4) is 0 Å². The third-order valence-corrected chi connectivity index (χ3v) is 4.50. The first-order valence-electron chi connectivity index (χ1n) is 7.65. The molecule has 0 bridgehead atoms. The van der Waals surface area contributed by atoms with E-state index >= 15 is 0 Å². The number of amides is 1. The van der Waals surface area contributed by atoms with Gasteiger partial charge in [-0.2, -0.15) is 0 Å². The molecule has 0 aliphatic carbocycles. The van der Waals surface area contributed by atoms with Crippen molar-refractivity contribution in [2.75, 3.05) is 20.3 Å². The number of ketones is 1. The van der Waals surface area contributed by atoms with E-state index in [0.717, 1.165) is 6.42 Å². The molecule has 124 valence electrons. The van der Waals surface area contributed by atoms with Crippen LogP contribution >= 0.6 is 0 Å². The second-order valence-electron chi connectivity index (χ2n) is 6.61. The standard InChI is InChI=1S/C16H32N2O3/c1-8-13(11-21-10-9-12(2)19)18-14(20)15(3,4)16(5,6)17-7/h13,17H,8-11H2,1-7H3,(H,18,20). The van der Waals surface area contributed by atoms with Gasteiger partial charge in [-0.3, -0.25) is 9.59 Å². The molecule has 0 saturated heterocycles. The summed E-state index contributed by atoms with van der Waals surface area (Å²) in [7, 11) is 1.86. The van der Waals surface area contributed by atoms with Crippen LogP contribution in [0.1, 0.15) is 54.4 Å². The highest BCUT2D eigenvalue weighted by Gasteiger charge is 2.42. The Morgan fingerprint density at radius 3 is 2.19 bits per heavy atom. The molecule has 0 aliphatic heterocycles. The molecule has 0 heterocycles. The van der Waals surface area contributed by atoms with E-state index < -0.39 is 5.41 Å². The maximum absolute atomic E-state index is 12.5. The Kier molecular flexibility index (Phi) is 8.11. The molecular formula is C16H32N2O3. The number of carbonyl (C=O) groups is 2. The number of Topliss-reactive ketones (excluding diaryl/α,β-unsaturated/α-hetero) is 1. The fourth-order valence-electron chi connectivity index (χ4n) is 1.67. The van der Waals surface area contributed by atoms with Gasteiger partial charge in [-0.05, 0) is 48.1 Å². The summed E-state index contributed by atoms with van der Waals surface area (Å²) >= 11 is 0. The Hall–Kier alpha value is -0.940. The maximum atomic E-state index is 12.5. The predicted molar refractivity (Wildman–Crippen MR) is 85.3 cm³/mol. The highest BCUT2D eigenvalue weighted by Crippen LogP contribution is 2.30. The summed E-state index contributed by atoms with van der Waals surface area (Å²) in [4.78, 5) is 23.4. The average molecular weight is 300 g/mol. The summed E-state index contributed by atoms with van der Waals surface area (Å²) in [6.45, 7) is 12.3. The quantitative estimate of drug-likeness (QED) is 0.605. The Morgan fingerprint density at radius 2 is 1.76 bits per heavy atom. The van der Waals surface area contributed by atoms with Gasteiger partial charge in [0.25, 0.3) is 0 Å². The van der Waals surface area contributed by atoms with Crippen LogP contribution in [0.15, 0.2) is 0 Å². The first-order valence-corrected chi connectivity index (χ1v) is 7.65. The van der Waals surface area contributed by atoms with E-state index in [1.54, 1.807) is 6.92 Å². The van der Waals surface area contributed by atoms with Gasteiger partial charge in [-0.15, -0.1) is 0 Å². The van der Waals surface area contributed by atoms with Crippen molar-refractivity contribution in [1.82, 2.24) is 10.6 Å². The van der Waals surface area contributed by atoms with Crippen LogP contribution in [0.4, 0.5) is 0 Å². The summed E-state index contributed by atoms with van der Waals surface area (Å²) in [5.41, 5.74) is -0.862. The van der Waals surface area contributed by atoms with Gasteiger partial charge < -0.3 is 15.4 Å². The van der Waals surface area contributed by atoms with Crippen molar-refractivity contribution < 1.29 is 14.3 Å². The highest BCUT2D eigenvalue weighted by atomic mass is 16.5. The first kappa shape index (κ1) is 20.1. The number of nitrogens with one attached hydrogen (secondary N) is 2. The van der Waals surface area contributed by atoms with Gasteiger partial charge >= 0.3 is 0 Å². The molecule has 0 aromatic carbocycles. The van der Waals surface area contributed by atoms with E-state index in [-0.39, 0.29) is 23.3 Å². The molecule has 1 unspecified atom stereocenters. The van der Waals surface area contributed by atoms with E-state index in [1.807, 2.05) is 41.7 Å². The SMILES string of the molecule is CCC(COCCC(C)=O)NC(=O)C(C)(C)C(C)(C)NC. The maximum Gasteiger partial charge on any atom is 0.227 e. The summed E-state index contributed by atoms with van der Waals surface area (Å²) in [5, 5.41) is 6.24. The lowest BCUT2D eigenvalue weighted by molar-refractivity contribution is -0.134. The monoisotopic (exact) mass is 300 g/mol. The second kappa shape index (κ2) is 8.49. The van der Waals surface area contributed by atoms with Crippen molar-refractivity contribution in [2.24, 2.45) is 5.41 Å². The highest BCUT2D eigenvalue weighted by molar-refractivity contribution is 5.83.